The number of thiophene rings is 1. The van der Waals surface area contributed by atoms with Crippen LogP contribution in [0.25, 0.3) is 10.2 Å². The number of methoxy groups -OCH3 is 2. The normalized spacial score (nSPS) is 12.0. The zero-order valence-corrected chi connectivity index (χ0v) is 15.2. The van der Waals surface area contributed by atoms with E-state index >= 15 is 0 Å². The molecular formula is C17H18N2O3S2. The van der Waals surface area contributed by atoms with Gasteiger partial charge >= 0.3 is 0 Å². The molecule has 0 aliphatic heterocycles. The zero-order valence-electron chi connectivity index (χ0n) is 13.5. The summed E-state index contributed by atoms with van der Waals surface area (Å²) in [5, 5.41) is 1.97. The number of fused-ring (bicyclic) bond motifs is 1. The van der Waals surface area contributed by atoms with Crippen LogP contribution in [0.5, 0.6) is 5.75 Å². The highest BCUT2D eigenvalue weighted by Gasteiger charge is 2.10. The molecule has 0 aliphatic rings. The molecule has 0 radical (unpaired) electrons. The minimum Gasteiger partial charge on any atom is -0.497 e. The second kappa shape index (κ2) is 7.74. The third-order valence-corrected chi connectivity index (χ3v) is 5.45. The van der Waals surface area contributed by atoms with Crippen molar-refractivity contribution in [3.63, 3.8) is 0 Å². The molecule has 0 unspecified atom stereocenters. The fraction of sp³-hybridized carbons (Fsp3) is 0.294. The third-order valence-electron chi connectivity index (χ3n) is 3.53. The Hall–Kier alpha value is -1.96. The Labute approximate surface area is 147 Å². The molecule has 0 atom stereocenters. The van der Waals surface area contributed by atoms with E-state index in [-0.39, 0.29) is 5.91 Å². The summed E-state index contributed by atoms with van der Waals surface area (Å²) in [4.78, 5) is 18.3. The van der Waals surface area contributed by atoms with Crippen LogP contribution in [0.2, 0.25) is 0 Å². The van der Waals surface area contributed by atoms with Gasteiger partial charge in [-0.3, -0.25) is 4.79 Å². The fourth-order valence-electron chi connectivity index (χ4n) is 2.37. The Kier molecular flexibility index (Phi) is 5.44. The van der Waals surface area contributed by atoms with Crippen LogP contribution in [0.4, 0.5) is 0 Å². The monoisotopic (exact) mass is 362 g/mol. The number of nitrogens with zero attached hydrogens (tertiary/aromatic N) is 2. The van der Waals surface area contributed by atoms with E-state index in [2.05, 4.69) is 4.99 Å². The van der Waals surface area contributed by atoms with Crippen LogP contribution in [-0.2, 0) is 22.5 Å². The summed E-state index contributed by atoms with van der Waals surface area (Å²) in [6.45, 7) is 1.21. The molecule has 5 nitrogen and oxygen atoms in total. The van der Waals surface area contributed by atoms with Gasteiger partial charge in [0, 0.05) is 18.5 Å². The molecule has 1 aromatic carbocycles. The first-order valence-corrected chi connectivity index (χ1v) is 9.17. The molecule has 0 aliphatic carbocycles. The van der Waals surface area contributed by atoms with Crippen LogP contribution >= 0.6 is 22.7 Å². The Morgan fingerprint density at radius 1 is 1.29 bits per heavy atom. The van der Waals surface area contributed by atoms with Gasteiger partial charge in [-0.1, -0.05) is 17.4 Å². The van der Waals surface area contributed by atoms with E-state index < -0.39 is 0 Å². The number of aromatic nitrogens is 1. The van der Waals surface area contributed by atoms with Crippen molar-refractivity contribution in [3.8, 4) is 5.75 Å². The van der Waals surface area contributed by atoms with E-state index in [0.29, 0.717) is 24.4 Å². The number of carbonyl (C=O) groups is 1. The van der Waals surface area contributed by atoms with Crippen molar-refractivity contribution in [1.29, 1.82) is 0 Å². The lowest BCUT2D eigenvalue weighted by molar-refractivity contribution is -0.117. The number of rotatable bonds is 6. The lowest BCUT2D eigenvalue weighted by Crippen LogP contribution is -2.19. The maximum Gasteiger partial charge on any atom is 0.253 e. The molecule has 0 spiro atoms. The van der Waals surface area contributed by atoms with E-state index in [1.54, 1.807) is 25.6 Å². The molecule has 7 heteroatoms. The molecule has 0 N–H and O–H groups in total. The van der Waals surface area contributed by atoms with Gasteiger partial charge in [-0.25, -0.2) is 0 Å². The van der Waals surface area contributed by atoms with Gasteiger partial charge in [0.05, 0.1) is 30.4 Å². The molecular weight excluding hydrogens is 344 g/mol. The summed E-state index contributed by atoms with van der Waals surface area (Å²) in [6, 6.07) is 9.76. The van der Waals surface area contributed by atoms with Crippen LogP contribution in [0.3, 0.4) is 0 Å². The summed E-state index contributed by atoms with van der Waals surface area (Å²) in [7, 11) is 3.31. The molecule has 24 heavy (non-hydrogen) atoms. The van der Waals surface area contributed by atoms with E-state index in [1.165, 1.54) is 11.3 Å². The van der Waals surface area contributed by atoms with Gasteiger partial charge in [-0.2, -0.15) is 4.99 Å². The summed E-state index contributed by atoms with van der Waals surface area (Å²) in [6.07, 6.45) is 0.333. The van der Waals surface area contributed by atoms with Crippen LogP contribution in [0.15, 0.2) is 40.7 Å². The summed E-state index contributed by atoms with van der Waals surface area (Å²) in [5.74, 6) is 0.654. The van der Waals surface area contributed by atoms with Crippen molar-refractivity contribution in [2.75, 3.05) is 20.8 Å². The van der Waals surface area contributed by atoms with E-state index in [9.17, 15) is 4.79 Å². The van der Waals surface area contributed by atoms with E-state index in [1.807, 2.05) is 40.3 Å². The number of ether oxygens (including phenoxy) is 2. The number of hydrogen-bond acceptors (Lipinski definition) is 5. The highest BCUT2D eigenvalue weighted by atomic mass is 32.1. The first kappa shape index (κ1) is 16.9. The molecule has 1 amide bonds. The summed E-state index contributed by atoms with van der Waals surface area (Å²) >= 11 is 3.06. The average Bonchev–Trinajstić information content (AvgIpc) is 3.19. The number of carbonyl (C=O) groups excluding carboxylic acids is 1. The van der Waals surface area contributed by atoms with Crippen molar-refractivity contribution >= 4 is 38.8 Å². The lowest BCUT2D eigenvalue weighted by Gasteiger charge is -2.05. The molecule has 0 bridgehead atoms. The number of benzene rings is 1. The molecule has 0 fully saturated rings. The van der Waals surface area contributed by atoms with Gasteiger partial charge in [0.15, 0.2) is 4.80 Å². The summed E-state index contributed by atoms with van der Waals surface area (Å²) < 4.78 is 13.5. The maximum atomic E-state index is 12.3. The predicted molar refractivity (Wildman–Crippen MR) is 96.8 cm³/mol. The molecule has 3 aromatic rings. The minimum absolute atomic E-state index is 0.137. The maximum absolute atomic E-state index is 12.3. The van der Waals surface area contributed by atoms with Crippen LogP contribution in [-0.4, -0.2) is 31.3 Å². The Morgan fingerprint density at radius 3 is 2.88 bits per heavy atom. The molecule has 2 heterocycles. The van der Waals surface area contributed by atoms with Crippen molar-refractivity contribution in [2.45, 2.75) is 13.0 Å². The lowest BCUT2D eigenvalue weighted by atomic mass is 10.3. The van der Waals surface area contributed by atoms with Gasteiger partial charge in [-0.05, 0) is 29.6 Å². The fourth-order valence-corrected chi connectivity index (χ4v) is 4.17. The smallest absolute Gasteiger partial charge is 0.253 e. The van der Waals surface area contributed by atoms with Gasteiger partial charge in [0.25, 0.3) is 5.91 Å². The summed E-state index contributed by atoms with van der Waals surface area (Å²) in [5.41, 5.74) is 1.03. The predicted octanol–water partition coefficient (Wildman–Crippen LogP) is 3.09. The van der Waals surface area contributed by atoms with Crippen molar-refractivity contribution in [1.82, 2.24) is 4.57 Å². The second-order valence-electron chi connectivity index (χ2n) is 5.12. The molecule has 3 rings (SSSR count). The Bertz CT molecular complexity index is 894. The van der Waals surface area contributed by atoms with Crippen molar-refractivity contribution in [2.24, 2.45) is 4.99 Å². The first-order chi connectivity index (χ1) is 11.7. The van der Waals surface area contributed by atoms with Gasteiger partial charge in [-0.15, -0.1) is 11.3 Å². The SMILES string of the molecule is COCCn1c(=NC(=O)Cc2cccs2)sc2cc(OC)ccc21. The Balaban J connectivity index is 2.00. The largest absolute Gasteiger partial charge is 0.497 e. The molecule has 0 saturated heterocycles. The van der Waals surface area contributed by atoms with Crippen LogP contribution < -0.4 is 9.54 Å². The highest BCUT2D eigenvalue weighted by Crippen LogP contribution is 2.23. The Morgan fingerprint density at radius 2 is 2.17 bits per heavy atom. The van der Waals surface area contributed by atoms with E-state index in [0.717, 1.165) is 20.8 Å². The quantitative estimate of drug-likeness (QED) is 0.677. The number of thiazole rings is 1. The number of hydrogen-bond donors (Lipinski definition) is 0. The zero-order chi connectivity index (χ0) is 16.9. The van der Waals surface area contributed by atoms with Gasteiger partial charge < -0.3 is 14.0 Å². The highest BCUT2D eigenvalue weighted by molar-refractivity contribution is 7.16. The number of amides is 1. The third kappa shape index (κ3) is 3.75. The van der Waals surface area contributed by atoms with Crippen molar-refractivity contribution in [3.05, 3.63) is 45.4 Å². The molecule has 0 saturated carbocycles. The van der Waals surface area contributed by atoms with Crippen molar-refractivity contribution < 1.29 is 14.3 Å². The van der Waals surface area contributed by atoms with Crippen LogP contribution in [0, 0.1) is 0 Å². The van der Waals surface area contributed by atoms with Gasteiger partial charge in [0.1, 0.15) is 5.75 Å². The minimum atomic E-state index is -0.137. The van der Waals surface area contributed by atoms with Gasteiger partial charge in [0.2, 0.25) is 0 Å². The molecule has 126 valence electrons. The standard InChI is InChI=1S/C17H18N2O3S2/c1-21-8-7-19-14-6-5-12(22-2)10-15(14)24-17(19)18-16(20)11-13-4-3-9-23-13/h3-6,9-10H,7-8,11H2,1-2H3. The molecule has 2 aromatic heterocycles. The average molecular weight is 362 g/mol. The first-order valence-electron chi connectivity index (χ1n) is 7.47. The van der Waals surface area contributed by atoms with Crippen LogP contribution in [0.1, 0.15) is 4.88 Å². The topological polar surface area (TPSA) is 52.8 Å². The van der Waals surface area contributed by atoms with E-state index in [4.69, 9.17) is 9.47 Å². The second-order valence-corrected chi connectivity index (χ2v) is 7.17.